The summed E-state index contributed by atoms with van der Waals surface area (Å²) in [6, 6.07) is 9.05. The minimum Gasteiger partial charge on any atom is -0.497 e. The second-order valence-electron chi connectivity index (χ2n) is 8.45. The largest absolute Gasteiger partial charge is 0.497 e. The van der Waals surface area contributed by atoms with Crippen molar-refractivity contribution in [2.45, 2.75) is 45.8 Å². The molecule has 2 rings (SSSR count). The fourth-order valence-electron chi connectivity index (χ4n) is 3.42. The van der Waals surface area contributed by atoms with Gasteiger partial charge in [-0.1, -0.05) is 19.1 Å². The number of carbonyl (C=O) groups is 2. The molecule has 0 radical (unpaired) electrons. The molecule has 9 nitrogen and oxygen atoms in total. The number of benzene rings is 2. The minimum absolute atomic E-state index is 0.0223. The Balaban J connectivity index is 2.45. The van der Waals surface area contributed by atoms with Gasteiger partial charge in [0.25, 0.3) is 0 Å². The van der Waals surface area contributed by atoms with Crippen LogP contribution in [0.2, 0.25) is 0 Å². The van der Waals surface area contributed by atoms with Crippen molar-refractivity contribution in [3.05, 3.63) is 53.8 Å². The van der Waals surface area contributed by atoms with E-state index >= 15 is 0 Å². The first-order valence-electron chi connectivity index (χ1n) is 11.4. The Kier molecular flexibility index (Phi) is 10.1. The van der Waals surface area contributed by atoms with Gasteiger partial charge in [0.2, 0.25) is 21.8 Å². The van der Waals surface area contributed by atoms with E-state index in [0.29, 0.717) is 17.7 Å². The molecule has 2 aromatic carbocycles. The number of halogens is 1. The topological polar surface area (TPSA) is 105 Å². The van der Waals surface area contributed by atoms with Crippen molar-refractivity contribution in [1.82, 2.24) is 10.2 Å². The van der Waals surface area contributed by atoms with Crippen LogP contribution < -0.4 is 19.1 Å². The summed E-state index contributed by atoms with van der Waals surface area (Å²) in [5, 5.41) is 2.85. The van der Waals surface area contributed by atoms with Gasteiger partial charge < -0.3 is 19.7 Å². The fraction of sp³-hybridized carbons (Fsp3) is 0.440. The molecule has 198 valence electrons. The first-order chi connectivity index (χ1) is 16.9. The number of amides is 2. The average molecular weight is 524 g/mol. The maximum atomic E-state index is 13.6. The Hall–Kier alpha value is -3.34. The molecule has 36 heavy (non-hydrogen) atoms. The molecule has 2 atom stereocenters. The van der Waals surface area contributed by atoms with Gasteiger partial charge in [0, 0.05) is 18.7 Å². The van der Waals surface area contributed by atoms with Crippen molar-refractivity contribution in [1.29, 1.82) is 0 Å². The number of ether oxygens (including phenoxy) is 2. The zero-order chi connectivity index (χ0) is 27.0. The summed E-state index contributed by atoms with van der Waals surface area (Å²) in [5.74, 6) is -0.792. The van der Waals surface area contributed by atoms with E-state index in [2.05, 4.69) is 5.32 Å². The highest BCUT2D eigenvalue weighted by Crippen LogP contribution is 2.33. The predicted molar refractivity (Wildman–Crippen MR) is 136 cm³/mol. The van der Waals surface area contributed by atoms with E-state index in [-0.39, 0.29) is 29.9 Å². The normalized spacial score (nSPS) is 12.9. The molecule has 2 aromatic rings. The van der Waals surface area contributed by atoms with E-state index in [9.17, 15) is 22.4 Å². The smallest absolute Gasteiger partial charge is 0.244 e. The van der Waals surface area contributed by atoms with Crippen LogP contribution in [0.15, 0.2) is 42.5 Å². The number of anilines is 1. The van der Waals surface area contributed by atoms with Gasteiger partial charge in [-0.3, -0.25) is 13.9 Å². The van der Waals surface area contributed by atoms with Crippen LogP contribution in [0, 0.1) is 5.82 Å². The Bertz CT molecular complexity index is 1160. The Morgan fingerprint density at radius 2 is 1.69 bits per heavy atom. The lowest BCUT2D eigenvalue weighted by Crippen LogP contribution is -2.52. The molecular weight excluding hydrogens is 489 g/mol. The number of nitrogens with zero attached hydrogens (tertiary/aromatic N) is 2. The lowest BCUT2D eigenvalue weighted by atomic mass is 10.1. The highest BCUT2D eigenvalue weighted by atomic mass is 32.2. The van der Waals surface area contributed by atoms with E-state index in [1.54, 1.807) is 13.0 Å². The van der Waals surface area contributed by atoms with Crippen molar-refractivity contribution < 1.29 is 31.9 Å². The summed E-state index contributed by atoms with van der Waals surface area (Å²) >= 11 is 0. The molecule has 0 saturated carbocycles. The third kappa shape index (κ3) is 7.58. The third-order valence-electron chi connectivity index (χ3n) is 5.77. The molecule has 0 spiro atoms. The van der Waals surface area contributed by atoms with Crippen molar-refractivity contribution >= 4 is 27.5 Å². The third-order valence-corrected chi connectivity index (χ3v) is 6.90. The number of rotatable bonds is 12. The van der Waals surface area contributed by atoms with Gasteiger partial charge in [-0.25, -0.2) is 12.8 Å². The van der Waals surface area contributed by atoms with Crippen LogP contribution in [0.1, 0.15) is 32.8 Å². The van der Waals surface area contributed by atoms with Gasteiger partial charge in [0.1, 0.15) is 29.9 Å². The first-order valence-corrected chi connectivity index (χ1v) is 13.3. The van der Waals surface area contributed by atoms with Crippen LogP contribution >= 0.6 is 0 Å². The van der Waals surface area contributed by atoms with Gasteiger partial charge in [-0.05, 0) is 50.1 Å². The second-order valence-corrected chi connectivity index (χ2v) is 10.4. The van der Waals surface area contributed by atoms with Crippen LogP contribution in [0.3, 0.4) is 0 Å². The molecule has 0 aliphatic heterocycles. The highest BCUT2D eigenvalue weighted by molar-refractivity contribution is 7.92. The number of nitrogens with one attached hydrogen (secondary N) is 1. The molecule has 11 heteroatoms. The van der Waals surface area contributed by atoms with Crippen LogP contribution in [0.25, 0.3) is 0 Å². The summed E-state index contributed by atoms with van der Waals surface area (Å²) in [7, 11) is -1.09. The molecule has 0 bridgehead atoms. The lowest BCUT2D eigenvalue weighted by Gasteiger charge is -2.32. The van der Waals surface area contributed by atoms with Crippen LogP contribution in [-0.4, -0.2) is 64.2 Å². The lowest BCUT2D eigenvalue weighted by molar-refractivity contribution is -0.139. The molecule has 0 fully saturated rings. The summed E-state index contributed by atoms with van der Waals surface area (Å²) in [4.78, 5) is 27.7. The van der Waals surface area contributed by atoms with Crippen molar-refractivity contribution in [3.63, 3.8) is 0 Å². The van der Waals surface area contributed by atoms with E-state index in [4.69, 9.17) is 9.47 Å². The molecule has 0 saturated heterocycles. The second kappa shape index (κ2) is 12.6. The predicted octanol–water partition coefficient (Wildman–Crippen LogP) is 2.94. The highest BCUT2D eigenvalue weighted by Gasteiger charge is 2.31. The first kappa shape index (κ1) is 28.9. The van der Waals surface area contributed by atoms with Gasteiger partial charge in [-0.2, -0.15) is 0 Å². The Morgan fingerprint density at radius 1 is 1.06 bits per heavy atom. The molecule has 0 heterocycles. The van der Waals surface area contributed by atoms with Crippen molar-refractivity contribution in [2.24, 2.45) is 0 Å². The van der Waals surface area contributed by atoms with Crippen molar-refractivity contribution in [3.8, 4) is 11.5 Å². The molecule has 0 aliphatic rings. The number of sulfonamides is 1. The van der Waals surface area contributed by atoms with Crippen LogP contribution in [0.5, 0.6) is 11.5 Å². The standard InChI is InChI=1S/C25H34FN3O6S/c1-7-17(2)27-25(31)18(3)28(15-19-8-10-20(26)11-9-19)24(30)16-29(36(6,32)33)22-13-12-21(34-4)14-23(22)35-5/h8-14,17-18H,7,15-16H2,1-6H3,(H,27,31)/t17-,18+/m0/s1. The zero-order valence-electron chi connectivity index (χ0n) is 21.4. The molecule has 0 aliphatic carbocycles. The molecule has 0 unspecified atom stereocenters. The van der Waals surface area contributed by atoms with E-state index in [1.165, 1.54) is 55.5 Å². The summed E-state index contributed by atoms with van der Waals surface area (Å²) in [6.45, 7) is 4.73. The minimum atomic E-state index is -3.93. The molecule has 0 aromatic heterocycles. The number of methoxy groups -OCH3 is 2. The monoisotopic (exact) mass is 523 g/mol. The maximum Gasteiger partial charge on any atom is 0.244 e. The molecular formula is C25H34FN3O6S. The van der Waals surface area contributed by atoms with Crippen molar-refractivity contribution in [2.75, 3.05) is 31.3 Å². The average Bonchev–Trinajstić information content (AvgIpc) is 2.85. The Morgan fingerprint density at radius 3 is 2.22 bits per heavy atom. The van der Waals surface area contributed by atoms with E-state index in [0.717, 1.165) is 10.6 Å². The van der Waals surface area contributed by atoms with E-state index in [1.807, 2.05) is 13.8 Å². The summed E-state index contributed by atoms with van der Waals surface area (Å²) in [6.07, 6.45) is 1.68. The Labute approximate surface area is 212 Å². The van der Waals surface area contributed by atoms with Gasteiger partial charge in [0.05, 0.1) is 26.2 Å². The van der Waals surface area contributed by atoms with Crippen LogP contribution in [0.4, 0.5) is 10.1 Å². The van der Waals surface area contributed by atoms with Crippen LogP contribution in [-0.2, 0) is 26.2 Å². The quantitative estimate of drug-likeness (QED) is 0.459. The van der Waals surface area contributed by atoms with E-state index < -0.39 is 34.3 Å². The SMILES string of the molecule is CC[C@H](C)NC(=O)[C@@H](C)N(Cc1ccc(F)cc1)C(=O)CN(c1ccc(OC)cc1OC)S(C)(=O)=O. The van der Waals surface area contributed by atoms with Gasteiger partial charge in [-0.15, -0.1) is 0 Å². The number of hydrogen-bond acceptors (Lipinski definition) is 6. The number of hydrogen-bond donors (Lipinski definition) is 1. The molecule has 1 N–H and O–H groups in total. The van der Waals surface area contributed by atoms with Gasteiger partial charge >= 0.3 is 0 Å². The molecule has 2 amide bonds. The fourth-order valence-corrected chi connectivity index (χ4v) is 4.27. The maximum absolute atomic E-state index is 13.6. The summed E-state index contributed by atoms with van der Waals surface area (Å²) < 4.78 is 50.4. The van der Waals surface area contributed by atoms with Gasteiger partial charge in [0.15, 0.2) is 0 Å². The zero-order valence-corrected chi connectivity index (χ0v) is 22.3. The number of carbonyl (C=O) groups excluding carboxylic acids is 2. The summed E-state index contributed by atoms with van der Waals surface area (Å²) in [5.41, 5.74) is 0.730.